The molecule has 11 heteroatoms. The first-order valence-electron chi connectivity index (χ1n) is 11.3. The molecule has 0 bridgehead atoms. The van der Waals surface area contributed by atoms with Crippen LogP contribution in [0.3, 0.4) is 0 Å². The lowest BCUT2D eigenvalue weighted by Gasteiger charge is -2.35. The largest absolute Gasteiger partial charge is 0.495 e. The van der Waals surface area contributed by atoms with Crippen molar-refractivity contribution in [3.8, 4) is 5.75 Å². The van der Waals surface area contributed by atoms with Gasteiger partial charge in [0, 0.05) is 32.7 Å². The molecule has 2 aromatic carbocycles. The normalized spacial score (nSPS) is 14.2. The molecular formula is C24H30ClN3O6S. The molecule has 0 saturated carbocycles. The number of rotatable bonds is 9. The van der Waals surface area contributed by atoms with E-state index in [2.05, 4.69) is 0 Å². The summed E-state index contributed by atoms with van der Waals surface area (Å²) in [4.78, 5) is 28.1. The topological polar surface area (TPSA) is 96.5 Å². The first-order chi connectivity index (χ1) is 16.8. The molecule has 1 saturated heterocycles. The zero-order chi connectivity index (χ0) is 25.4. The molecule has 2 aromatic rings. The Hall–Kier alpha value is -2.82. The number of carbonyl (C=O) groups excluding carboxylic acids is 2. The van der Waals surface area contributed by atoms with Crippen LogP contribution in [0.25, 0.3) is 0 Å². The highest BCUT2D eigenvalue weighted by Gasteiger charge is 2.31. The molecule has 1 aliphatic heterocycles. The summed E-state index contributed by atoms with van der Waals surface area (Å²) < 4.78 is 38.4. The van der Waals surface area contributed by atoms with Crippen molar-refractivity contribution in [2.45, 2.75) is 18.2 Å². The number of hydrogen-bond donors (Lipinski definition) is 0. The molecule has 2 amide bonds. The Labute approximate surface area is 211 Å². The lowest BCUT2D eigenvalue weighted by atomic mass is 10.1. The quantitative estimate of drug-likeness (QED) is 0.501. The van der Waals surface area contributed by atoms with Crippen molar-refractivity contribution >= 4 is 33.6 Å². The maximum Gasteiger partial charge on any atom is 0.409 e. The smallest absolute Gasteiger partial charge is 0.409 e. The van der Waals surface area contributed by atoms with E-state index in [1.807, 2.05) is 30.3 Å². The molecule has 0 unspecified atom stereocenters. The van der Waals surface area contributed by atoms with Crippen molar-refractivity contribution in [2.24, 2.45) is 0 Å². The first-order valence-corrected chi connectivity index (χ1v) is 13.1. The third kappa shape index (κ3) is 6.87. The van der Waals surface area contributed by atoms with Crippen molar-refractivity contribution < 1.29 is 27.5 Å². The van der Waals surface area contributed by atoms with Gasteiger partial charge in [0.2, 0.25) is 15.9 Å². The Bertz CT molecular complexity index is 1120. The highest BCUT2D eigenvalue weighted by Crippen LogP contribution is 2.28. The van der Waals surface area contributed by atoms with Crippen molar-refractivity contribution in [2.75, 3.05) is 53.0 Å². The van der Waals surface area contributed by atoms with Gasteiger partial charge >= 0.3 is 6.09 Å². The maximum atomic E-state index is 13.5. The van der Waals surface area contributed by atoms with Crippen LogP contribution in [-0.2, 0) is 26.0 Å². The van der Waals surface area contributed by atoms with Crippen LogP contribution in [0.1, 0.15) is 12.5 Å². The van der Waals surface area contributed by atoms with Crippen LogP contribution in [-0.4, -0.2) is 87.5 Å². The number of nitrogens with zero attached hydrogens (tertiary/aromatic N) is 3. The van der Waals surface area contributed by atoms with E-state index < -0.39 is 16.1 Å². The van der Waals surface area contributed by atoms with Crippen molar-refractivity contribution in [3.63, 3.8) is 0 Å². The first kappa shape index (κ1) is 26.8. The van der Waals surface area contributed by atoms with Gasteiger partial charge in [0.1, 0.15) is 5.75 Å². The molecule has 190 valence electrons. The fraction of sp³-hybridized carbons (Fsp3) is 0.417. The zero-order valence-corrected chi connectivity index (χ0v) is 21.4. The van der Waals surface area contributed by atoms with E-state index in [1.165, 1.54) is 34.5 Å². The van der Waals surface area contributed by atoms with Crippen LogP contribution >= 0.6 is 11.6 Å². The van der Waals surface area contributed by atoms with Gasteiger partial charge in [-0.25, -0.2) is 13.2 Å². The maximum absolute atomic E-state index is 13.5. The summed E-state index contributed by atoms with van der Waals surface area (Å²) in [6.07, 6.45) is 0.0245. The second kappa shape index (κ2) is 12.2. The van der Waals surface area contributed by atoms with Crippen molar-refractivity contribution in [1.29, 1.82) is 0 Å². The molecule has 0 spiro atoms. The van der Waals surface area contributed by atoms with Crippen LogP contribution in [0.5, 0.6) is 5.75 Å². The molecule has 1 aliphatic rings. The molecule has 0 aromatic heterocycles. The SMILES string of the molecule is CCOC(=O)N1CCN(C(=O)CN(CCc2ccccc2)S(=O)(=O)c2ccc(OC)c(Cl)c2)CC1. The number of piperazine rings is 1. The second-order valence-corrected chi connectivity index (χ2v) is 10.3. The van der Waals surface area contributed by atoms with Crippen LogP contribution in [0.4, 0.5) is 4.79 Å². The van der Waals surface area contributed by atoms with E-state index in [0.29, 0.717) is 38.3 Å². The average molecular weight is 524 g/mol. The molecule has 35 heavy (non-hydrogen) atoms. The van der Waals surface area contributed by atoms with Crippen molar-refractivity contribution in [3.05, 3.63) is 59.1 Å². The van der Waals surface area contributed by atoms with Gasteiger partial charge in [0.25, 0.3) is 0 Å². The standard InChI is InChI=1S/C24H30ClN3O6S/c1-3-34-24(30)27-15-13-26(14-16-27)23(29)18-28(12-11-19-7-5-4-6-8-19)35(31,32)20-9-10-22(33-2)21(25)17-20/h4-10,17H,3,11-16,18H2,1-2H3. The summed E-state index contributed by atoms with van der Waals surface area (Å²) in [7, 11) is -2.58. The van der Waals surface area contributed by atoms with Gasteiger partial charge in [0.05, 0.1) is 30.2 Å². The molecule has 3 rings (SSSR count). The van der Waals surface area contributed by atoms with E-state index >= 15 is 0 Å². The van der Waals surface area contributed by atoms with Crippen LogP contribution < -0.4 is 4.74 Å². The van der Waals surface area contributed by atoms with E-state index in [1.54, 1.807) is 11.8 Å². The minimum atomic E-state index is -4.02. The van der Waals surface area contributed by atoms with E-state index in [0.717, 1.165) is 5.56 Å². The number of hydrogen-bond acceptors (Lipinski definition) is 6. The third-order valence-corrected chi connectivity index (χ3v) is 7.86. The Morgan fingerprint density at radius 1 is 1.03 bits per heavy atom. The van der Waals surface area contributed by atoms with Gasteiger partial charge in [-0.2, -0.15) is 4.31 Å². The average Bonchev–Trinajstić information content (AvgIpc) is 2.87. The Balaban J connectivity index is 1.76. The summed E-state index contributed by atoms with van der Waals surface area (Å²) in [5.41, 5.74) is 0.955. The predicted molar refractivity (Wildman–Crippen MR) is 132 cm³/mol. The molecule has 0 N–H and O–H groups in total. The van der Waals surface area contributed by atoms with E-state index in [4.69, 9.17) is 21.1 Å². The lowest BCUT2D eigenvalue weighted by molar-refractivity contribution is -0.133. The monoisotopic (exact) mass is 523 g/mol. The van der Waals surface area contributed by atoms with Gasteiger partial charge < -0.3 is 19.3 Å². The van der Waals surface area contributed by atoms with Gasteiger partial charge in [-0.05, 0) is 37.1 Å². The molecule has 0 aliphatic carbocycles. The Morgan fingerprint density at radius 2 is 1.69 bits per heavy atom. The number of amides is 2. The number of methoxy groups -OCH3 is 1. The molecule has 0 radical (unpaired) electrons. The number of benzene rings is 2. The van der Waals surface area contributed by atoms with Gasteiger partial charge in [-0.15, -0.1) is 0 Å². The summed E-state index contributed by atoms with van der Waals surface area (Å²) in [6.45, 7) is 3.07. The molecule has 9 nitrogen and oxygen atoms in total. The molecule has 0 atom stereocenters. The van der Waals surface area contributed by atoms with E-state index in [-0.39, 0.29) is 35.5 Å². The van der Waals surface area contributed by atoms with E-state index in [9.17, 15) is 18.0 Å². The molecular weight excluding hydrogens is 494 g/mol. The minimum absolute atomic E-state index is 0.0173. The van der Waals surface area contributed by atoms with Crippen LogP contribution in [0, 0.1) is 0 Å². The fourth-order valence-corrected chi connectivity index (χ4v) is 5.48. The number of carbonyl (C=O) groups is 2. The van der Waals surface area contributed by atoms with Gasteiger partial charge in [0.15, 0.2) is 0 Å². The van der Waals surface area contributed by atoms with Gasteiger partial charge in [-0.3, -0.25) is 4.79 Å². The molecule has 1 heterocycles. The Kier molecular flexibility index (Phi) is 9.36. The predicted octanol–water partition coefficient (Wildman–Crippen LogP) is 2.88. The van der Waals surface area contributed by atoms with Crippen LogP contribution in [0.15, 0.2) is 53.4 Å². The Morgan fingerprint density at radius 3 is 2.29 bits per heavy atom. The summed E-state index contributed by atoms with van der Waals surface area (Å²) in [6, 6.07) is 13.7. The summed E-state index contributed by atoms with van der Waals surface area (Å²) in [5, 5.41) is 0.165. The third-order valence-electron chi connectivity index (χ3n) is 5.72. The zero-order valence-electron chi connectivity index (χ0n) is 19.9. The second-order valence-electron chi connectivity index (χ2n) is 7.94. The minimum Gasteiger partial charge on any atom is -0.495 e. The summed E-state index contributed by atoms with van der Waals surface area (Å²) >= 11 is 6.18. The number of halogens is 1. The highest BCUT2D eigenvalue weighted by atomic mass is 35.5. The molecule has 1 fully saturated rings. The number of sulfonamides is 1. The highest BCUT2D eigenvalue weighted by molar-refractivity contribution is 7.89. The lowest BCUT2D eigenvalue weighted by Crippen LogP contribution is -2.53. The van der Waals surface area contributed by atoms with Crippen LogP contribution in [0.2, 0.25) is 5.02 Å². The van der Waals surface area contributed by atoms with Crippen molar-refractivity contribution in [1.82, 2.24) is 14.1 Å². The number of ether oxygens (including phenoxy) is 2. The summed E-state index contributed by atoms with van der Waals surface area (Å²) in [5.74, 6) is 0.0294. The van der Waals surface area contributed by atoms with Gasteiger partial charge in [-0.1, -0.05) is 41.9 Å². The fourth-order valence-electron chi connectivity index (χ4n) is 3.74.